The summed E-state index contributed by atoms with van der Waals surface area (Å²) in [5.41, 5.74) is 4.56. The summed E-state index contributed by atoms with van der Waals surface area (Å²) in [6.07, 6.45) is 6.52. The molecule has 0 bridgehead atoms. The smallest absolute Gasteiger partial charge is 0.252 e. The monoisotopic (exact) mass is 510 g/mol. The predicted molar refractivity (Wildman–Crippen MR) is 148 cm³/mol. The van der Waals surface area contributed by atoms with E-state index >= 15 is 0 Å². The number of fused-ring (bicyclic) bond motifs is 1. The zero-order chi connectivity index (χ0) is 26.8. The van der Waals surface area contributed by atoms with Crippen LogP contribution in [-0.2, 0) is 9.53 Å². The van der Waals surface area contributed by atoms with Gasteiger partial charge in [0.1, 0.15) is 12.4 Å². The van der Waals surface area contributed by atoms with Gasteiger partial charge in [-0.15, -0.1) is 0 Å². The molecular formula is C29H42N4O4. The molecule has 1 aromatic heterocycles. The minimum absolute atomic E-state index is 0.132. The van der Waals surface area contributed by atoms with Crippen molar-refractivity contribution in [2.24, 2.45) is 0 Å². The van der Waals surface area contributed by atoms with E-state index in [-0.39, 0.29) is 11.9 Å². The first-order valence-corrected chi connectivity index (χ1v) is 13.3. The van der Waals surface area contributed by atoms with Gasteiger partial charge in [0.25, 0.3) is 5.91 Å². The molecule has 1 aliphatic rings. The average Bonchev–Trinajstić information content (AvgIpc) is 3.31. The molecule has 0 spiro atoms. The predicted octanol–water partition coefficient (Wildman–Crippen LogP) is 4.43. The highest BCUT2D eigenvalue weighted by Crippen LogP contribution is 2.29. The Balaban J connectivity index is 1.80. The van der Waals surface area contributed by atoms with Gasteiger partial charge in [-0.2, -0.15) is 0 Å². The second-order valence-electron chi connectivity index (χ2n) is 9.85. The van der Waals surface area contributed by atoms with Gasteiger partial charge in [0.15, 0.2) is 0 Å². The Morgan fingerprint density at radius 3 is 2.65 bits per heavy atom. The Morgan fingerprint density at radius 2 is 1.97 bits per heavy atom. The van der Waals surface area contributed by atoms with Crippen molar-refractivity contribution in [3.8, 4) is 5.75 Å². The topological polar surface area (TPSA) is 84.8 Å². The van der Waals surface area contributed by atoms with Gasteiger partial charge in [-0.05, 0) is 57.9 Å². The van der Waals surface area contributed by atoms with Crippen LogP contribution in [0.15, 0.2) is 47.3 Å². The maximum atomic E-state index is 13.4. The van der Waals surface area contributed by atoms with Gasteiger partial charge < -0.3 is 24.7 Å². The molecule has 202 valence electrons. The fourth-order valence-corrected chi connectivity index (χ4v) is 4.57. The summed E-state index contributed by atoms with van der Waals surface area (Å²) in [5, 5.41) is 6.70. The van der Waals surface area contributed by atoms with Crippen LogP contribution in [0.1, 0.15) is 63.9 Å². The molecule has 0 radical (unpaired) electrons. The first-order valence-electron chi connectivity index (χ1n) is 13.3. The summed E-state index contributed by atoms with van der Waals surface area (Å²) in [6.45, 7) is 15.4. The van der Waals surface area contributed by atoms with Crippen LogP contribution in [0, 0.1) is 0 Å². The maximum absolute atomic E-state index is 13.4. The molecule has 2 heterocycles. The zero-order valence-electron chi connectivity index (χ0n) is 22.9. The molecule has 3 rings (SSSR count). The highest BCUT2D eigenvalue weighted by atomic mass is 16.5. The molecule has 1 saturated heterocycles. The van der Waals surface area contributed by atoms with E-state index in [0.717, 1.165) is 73.4 Å². The molecule has 8 heteroatoms. The second kappa shape index (κ2) is 14.0. The van der Waals surface area contributed by atoms with Crippen LogP contribution in [0.2, 0.25) is 0 Å². The lowest BCUT2D eigenvalue weighted by Crippen LogP contribution is -2.38. The number of nitrogens with one attached hydrogen (secondary N) is 2. The summed E-state index contributed by atoms with van der Waals surface area (Å²) >= 11 is 0. The number of rotatable bonds is 13. The van der Waals surface area contributed by atoms with E-state index in [1.54, 1.807) is 0 Å². The molecule has 0 aliphatic carbocycles. The van der Waals surface area contributed by atoms with Gasteiger partial charge in [-0.25, -0.2) is 0 Å². The number of hydrogen-bond acceptors (Lipinski definition) is 5. The number of morpholine rings is 1. The SMILES string of the molecule is CCCC(/C=C(/C)NC=O)=C(/C)CNC(=O)c1cc(OCCN2CCOCC2)cc2c1ccn2C(C)C. The third-order valence-corrected chi connectivity index (χ3v) is 6.65. The van der Waals surface area contributed by atoms with E-state index in [4.69, 9.17) is 9.47 Å². The van der Waals surface area contributed by atoms with Crippen molar-refractivity contribution in [1.29, 1.82) is 0 Å². The van der Waals surface area contributed by atoms with Gasteiger partial charge in [0.2, 0.25) is 6.41 Å². The van der Waals surface area contributed by atoms with Gasteiger partial charge in [-0.3, -0.25) is 14.5 Å². The quantitative estimate of drug-likeness (QED) is 0.308. The number of aromatic nitrogens is 1. The average molecular weight is 511 g/mol. The fraction of sp³-hybridized carbons (Fsp3) is 0.517. The van der Waals surface area contributed by atoms with Crippen molar-refractivity contribution in [3.63, 3.8) is 0 Å². The number of hydrogen-bond donors (Lipinski definition) is 2. The number of benzene rings is 1. The number of nitrogens with zero attached hydrogens (tertiary/aromatic N) is 2. The normalized spacial score (nSPS) is 15.6. The maximum Gasteiger partial charge on any atom is 0.252 e. The highest BCUT2D eigenvalue weighted by molar-refractivity contribution is 6.07. The molecule has 1 fully saturated rings. The number of amides is 2. The number of ether oxygens (including phenoxy) is 2. The van der Waals surface area contributed by atoms with Gasteiger partial charge >= 0.3 is 0 Å². The summed E-state index contributed by atoms with van der Waals surface area (Å²) in [5.74, 6) is 0.566. The Labute approximate surface area is 220 Å². The molecule has 0 unspecified atom stereocenters. The van der Waals surface area contributed by atoms with Crippen molar-refractivity contribution in [1.82, 2.24) is 20.1 Å². The fourth-order valence-electron chi connectivity index (χ4n) is 4.57. The Bertz CT molecular complexity index is 1130. The molecule has 2 amide bonds. The van der Waals surface area contributed by atoms with Gasteiger partial charge in [-0.1, -0.05) is 18.9 Å². The van der Waals surface area contributed by atoms with Crippen molar-refractivity contribution in [2.45, 2.75) is 53.5 Å². The van der Waals surface area contributed by atoms with Crippen LogP contribution < -0.4 is 15.4 Å². The summed E-state index contributed by atoms with van der Waals surface area (Å²) in [6, 6.07) is 6.15. The van der Waals surface area contributed by atoms with E-state index in [9.17, 15) is 9.59 Å². The van der Waals surface area contributed by atoms with Crippen LogP contribution in [0.25, 0.3) is 10.9 Å². The van der Waals surface area contributed by atoms with E-state index in [0.29, 0.717) is 30.9 Å². The van der Waals surface area contributed by atoms with E-state index < -0.39 is 0 Å². The molecule has 8 nitrogen and oxygen atoms in total. The first kappa shape index (κ1) is 28.5. The first-order chi connectivity index (χ1) is 17.8. The summed E-state index contributed by atoms with van der Waals surface area (Å²) < 4.78 is 13.7. The number of allylic oxidation sites excluding steroid dienone is 3. The Hall–Kier alpha value is -3.10. The molecule has 0 saturated carbocycles. The number of carbonyl (C=O) groups is 2. The molecular weight excluding hydrogens is 468 g/mol. The van der Waals surface area contributed by atoms with E-state index in [1.165, 1.54) is 0 Å². The van der Waals surface area contributed by atoms with Crippen LogP contribution in [0.5, 0.6) is 5.75 Å². The Morgan fingerprint density at radius 1 is 1.22 bits per heavy atom. The molecule has 1 aromatic carbocycles. The van der Waals surface area contributed by atoms with Crippen LogP contribution in [0.4, 0.5) is 0 Å². The van der Waals surface area contributed by atoms with E-state index in [1.807, 2.05) is 44.3 Å². The van der Waals surface area contributed by atoms with E-state index in [2.05, 4.69) is 40.9 Å². The number of carbonyl (C=O) groups excluding carboxylic acids is 2. The lowest BCUT2D eigenvalue weighted by molar-refractivity contribution is -0.108. The van der Waals surface area contributed by atoms with Crippen molar-refractivity contribution >= 4 is 23.2 Å². The summed E-state index contributed by atoms with van der Waals surface area (Å²) in [4.78, 5) is 26.5. The minimum Gasteiger partial charge on any atom is -0.492 e. The van der Waals surface area contributed by atoms with Gasteiger partial charge in [0, 0.05) is 55.6 Å². The largest absolute Gasteiger partial charge is 0.492 e. The van der Waals surface area contributed by atoms with Gasteiger partial charge in [0.05, 0.1) is 24.3 Å². The van der Waals surface area contributed by atoms with Crippen LogP contribution in [-0.4, -0.2) is 67.8 Å². The second-order valence-corrected chi connectivity index (χ2v) is 9.85. The Kier molecular flexibility index (Phi) is 10.8. The standard InChI is InChI=1S/C29H42N4O4/c1-6-7-24(16-23(5)31-20-34)22(4)19-30-29(35)27-17-25(37-15-12-32-10-13-36-14-11-32)18-28-26(27)8-9-33(28)21(2)3/h8-9,16-18,20-21H,6-7,10-15,19H2,1-5H3,(H,30,35)(H,31,34)/b23-16-,24-22+. The van der Waals surface area contributed by atoms with Crippen molar-refractivity contribution in [2.75, 3.05) is 46.0 Å². The third kappa shape index (κ3) is 7.94. The summed E-state index contributed by atoms with van der Waals surface area (Å²) in [7, 11) is 0. The van der Waals surface area contributed by atoms with Crippen LogP contribution >= 0.6 is 0 Å². The molecule has 1 aliphatic heterocycles. The third-order valence-electron chi connectivity index (χ3n) is 6.65. The molecule has 37 heavy (non-hydrogen) atoms. The van der Waals surface area contributed by atoms with Crippen molar-refractivity contribution in [3.05, 3.63) is 52.9 Å². The van der Waals surface area contributed by atoms with Crippen LogP contribution in [0.3, 0.4) is 0 Å². The molecule has 2 N–H and O–H groups in total. The zero-order valence-corrected chi connectivity index (χ0v) is 22.9. The highest BCUT2D eigenvalue weighted by Gasteiger charge is 2.17. The molecule has 0 atom stereocenters. The van der Waals surface area contributed by atoms with Crippen molar-refractivity contribution < 1.29 is 19.1 Å². The lowest BCUT2D eigenvalue weighted by atomic mass is 10.0. The molecule has 2 aromatic rings. The minimum atomic E-state index is -0.132. The lowest BCUT2D eigenvalue weighted by Gasteiger charge is -2.26.